The van der Waals surface area contributed by atoms with E-state index in [9.17, 15) is 9.59 Å². The Hall–Kier alpha value is -3.95. The minimum absolute atomic E-state index is 0.121. The second-order valence-electron chi connectivity index (χ2n) is 7.18. The molecule has 0 aliphatic carbocycles. The number of pyridine rings is 1. The molecule has 3 aromatic rings. The Bertz CT molecular complexity index is 1100. The van der Waals surface area contributed by atoms with Crippen molar-refractivity contribution in [2.24, 2.45) is 0 Å². The number of benzene rings is 1. The number of para-hydroxylation sites is 1. The molecule has 1 fully saturated rings. The number of aromatic nitrogens is 4. The third kappa shape index (κ3) is 4.39. The fourth-order valence-electron chi connectivity index (χ4n) is 3.65. The van der Waals surface area contributed by atoms with Crippen molar-refractivity contribution >= 4 is 11.9 Å². The highest BCUT2D eigenvalue weighted by Gasteiger charge is 2.28. The first kappa shape index (κ1) is 21.3. The van der Waals surface area contributed by atoms with E-state index in [1.807, 2.05) is 12.1 Å². The van der Waals surface area contributed by atoms with Crippen LogP contribution in [0.4, 0.5) is 0 Å². The lowest BCUT2D eigenvalue weighted by atomic mass is 10.1. The zero-order valence-corrected chi connectivity index (χ0v) is 17.8. The lowest BCUT2D eigenvalue weighted by Gasteiger charge is -2.33. The van der Waals surface area contributed by atoms with Crippen LogP contribution in [-0.2, 0) is 4.74 Å². The number of nitrogens with zero attached hydrogens (tertiary/aromatic N) is 5. The van der Waals surface area contributed by atoms with E-state index in [0.29, 0.717) is 30.1 Å². The summed E-state index contributed by atoms with van der Waals surface area (Å²) >= 11 is 0. The van der Waals surface area contributed by atoms with Crippen molar-refractivity contribution in [3.63, 3.8) is 0 Å². The van der Waals surface area contributed by atoms with Gasteiger partial charge in [-0.2, -0.15) is 15.0 Å². The van der Waals surface area contributed by atoms with Crippen molar-refractivity contribution in [3.8, 4) is 17.3 Å². The van der Waals surface area contributed by atoms with Gasteiger partial charge in [-0.1, -0.05) is 12.1 Å². The lowest BCUT2D eigenvalue weighted by Crippen LogP contribution is -2.44. The number of ether oxygens (including phenoxy) is 3. The normalized spacial score (nSPS) is 15.8. The molecule has 1 amide bonds. The predicted molar refractivity (Wildman–Crippen MR) is 113 cm³/mol. The van der Waals surface area contributed by atoms with E-state index < -0.39 is 5.97 Å². The van der Waals surface area contributed by atoms with E-state index in [1.165, 1.54) is 31.3 Å². The highest BCUT2D eigenvalue weighted by Crippen LogP contribution is 2.25. The molecular weight excluding hydrogens is 414 g/mol. The lowest BCUT2D eigenvalue weighted by molar-refractivity contribution is 0.0526. The van der Waals surface area contributed by atoms with Crippen molar-refractivity contribution < 1.29 is 23.8 Å². The van der Waals surface area contributed by atoms with Crippen LogP contribution in [0.2, 0.25) is 0 Å². The fraction of sp³-hybridized carbons (Fsp3) is 0.318. The first-order chi connectivity index (χ1) is 15.6. The molecule has 0 bridgehead atoms. The number of esters is 1. The van der Waals surface area contributed by atoms with Gasteiger partial charge in [0.05, 0.1) is 50.6 Å². The van der Waals surface area contributed by atoms with Crippen LogP contribution in [-0.4, -0.2) is 70.2 Å². The van der Waals surface area contributed by atoms with Crippen molar-refractivity contribution in [3.05, 3.63) is 60.0 Å². The summed E-state index contributed by atoms with van der Waals surface area (Å²) in [5.74, 6) is -0.0948. The Kier molecular flexibility index (Phi) is 6.29. The Morgan fingerprint density at radius 3 is 2.62 bits per heavy atom. The van der Waals surface area contributed by atoms with E-state index in [1.54, 1.807) is 29.4 Å². The zero-order valence-electron chi connectivity index (χ0n) is 17.8. The molecule has 1 atom stereocenters. The van der Waals surface area contributed by atoms with Crippen LogP contribution >= 0.6 is 0 Å². The molecule has 10 heteroatoms. The van der Waals surface area contributed by atoms with E-state index in [4.69, 9.17) is 14.2 Å². The Labute approximate surface area is 184 Å². The average Bonchev–Trinajstić information content (AvgIpc) is 3.38. The van der Waals surface area contributed by atoms with Crippen molar-refractivity contribution in [1.29, 1.82) is 0 Å². The van der Waals surface area contributed by atoms with Gasteiger partial charge < -0.3 is 19.1 Å². The monoisotopic (exact) mass is 437 g/mol. The smallest absolute Gasteiger partial charge is 0.341 e. The number of hydrogen-bond acceptors (Lipinski definition) is 8. The van der Waals surface area contributed by atoms with Gasteiger partial charge in [0.25, 0.3) is 5.91 Å². The van der Waals surface area contributed by atoms with Gasteiger partial charge in [-0.3, -0.25) is 4.79 Å². The number of carbonyl (C=O) groups is 2. The quantitative estimate of drug-likeness (QED) is 0.540. The van der Waals surface area contributed by atoms with E-state index in [0.717, 1.165) is 12.8 Å². The highest BCUT2D eigenvalue weighted by molar-refractivity contribution is 5.97. The van der Waals surface area contributed by atoms with Crippen LogP contribution in [0, 0.1) is 0 Å². The number of methoxy groups -OCH3 is 2. The van der Waals surface area contributed by atoms with E-state index in [2.05, 4.69) is 15.2 Å². The molecule has 0 spiro atoms. The summed E-state index contributed by atoms with van der Waals surface area (Å²) in [5, 5.41) is 8.29. The van der Waals surface area contributed by atoms with Crippen LogP contribution in [0.15, 0.2) is 48.9 Å². The van der Waals surface area contributed by atoms with E-state index >= 15 is 0 Å². The third-order valence-corrected chi connectivity index (χ3v) is 5.19. The predicted octanol–water partition coefficient (Wildman–Crippen LogP) is 2.14. The molecule has 10 nitrogen and oxygen atoms in total. The summed E-state index contributed by atoms with van der Waals surface area (Å²) in [4.78, 5) is 32.7. The first-order valence-electron chi connectivity index (χ1n) is 10.1. The molecule has 3 heterocycles. The summed E-state index contributed by atoms with van der Waals surface area (Å²) in [5.41, 5.74) is 1.36. The zero-order chi connectivity index (χ0) is 22.5. The first-order valence-corrected chi connectivity index (χ1v) is 10.1. The van der Waals surface area contributed by atoms with Crippen molar-refractivity contribution in [2.45, 2.75) is 18.9 Å². The molecule has 2 aromatic heterocycles. The van der Waals surface area contributed by atoms with Gasteiger partial charge >= 0.3 is 5.97 Å². The van der Waals surface area contributed by atoms with Gasteiger partial charge in [0.15, 0.2) is 5.75 Å². The molecule has 1 aliphatic rings. The molecule has 4 rings (SSSR count). The average molecular weight is 437 g/mol. The minimum atomic E-state index is -0.543. The topological polar surface area (TPSA) is 109 Å². The number of amides is 1. The third-order valence-electron chi connectivity index (χ3n) is 5.19. The van der Waals surface area contributed by atoms with Crippen LogP contribution in [0.1, 0.15) is 33.6 Å². The van der Waals surface area contributed by atoms with Crippen molar-refractivity contribution in [1.82, 2.24) is 24.9 Å². The van der Waals surface area contributed by atoms with Gasteiger partial charge in [0.1, 0.15) is 11.7 Å². The maximum atomic E-state index is 13.3. The van der Waals surface area contributed by atoms with Crippen LogP contribution in [0.25, 0.3) is 5.69 Å². The number of carbonyl (C=O) groups excluding carboxylic acids is 2. The minimum Gasteiger partial charge on any atom is -0.494 e. The summed E-state index contributed by atoms with van der Waals surface area (Å²) in [6.07, 6.45) is 5.81. The molecule has 0 saturated carbocycles. The van der Waals surface area contributed by atoms with E-state index in [-0.39, 0.29) is 23.5 Å². The summed E-state index contributed by atoms with van der Waals surface area (Å²) in [6.45, 7) is 1.00. The maximum absolute atomic E-state index is 13.3. The van der Waals surface area contributed by atoms with Crippen LogP contribution < -0.4 is 9.47 Å². The number of piperidine rings is 1. The molecule has 0 N–H and O–H groups in total. The van der Waals surface area contributed by atoms with Gasteiger partial charge in [0, 0.05) is 12.6 Å². The van der Waals surface area contributed by atoms with Crippen LogP contribution in [0.5, 0.6) is 11.6 Å². The molecule has 32 heavy (non-hydrogen) atoms. The summed E-state index contributed by atoms with van der Waals surface area (Å²) < 4.78 is 16.0. The Morgan fingerprint density at radius 1 is 1.09 bits per heavy atom. The van der Waals surface area contributed by atoms with Gasteiger partial charge in [0.2, 0.25) is 5.88 Å². The number of hydrogen-bond donors (Lipinski definition) is 0. The molecular formula is C22H23N5O5. The fourth-order valence-corrected chi connectivity index (χ4v) is 3.65. The molecule has 0 unspecified atom stereocenters. The SMILES string of the molecule is COC(=O)c1cc(O[C@@H]2CCCN(C(=O)c3ccccc3-n3nccn3)C2)ncc1OC. The van der Waals surface area contributed by atoms with Gasteiger partial charge in [-0.25, -0.2) is 9.78 Å². The van der Waals surface area contributed by atoms with Gasteiger partial charge in [-0.15, -0.1) is 0 Å². The number of likely N-dealkylation sites (tertiary alicyclic amines) is 1. The molecule has 1 saturated heterocycles. The molecule has 166 valence electrons. The highest BCUT2D eigenvalue weighted by atomic mass is 16.5. The molecule has 1 aromatic carbocycles. The largest absolute Gasteiger partial charge is 0.494 e. The van der Waals surface area contributed by atoms with Crippen LogP contribution in [0.3, 0.4) is 0 Å². The second kappa shape index (κ2) is 9.46. The maximum Gasteiger partial charge on any atom is 0.341 e. The molecule has 1 aliphatic heterocycles. The number of rotatable bonds is 6. The summed E-state index contributed by atoms with van der Waals surface area (Å²) in [6, 6.07) is 8.71. The Balaban J connectivity index is 1.50. The Morgan fingerprint density at radius 2 is 1.88 bits per heavy atom. The molecule has 0 radical (unpaired) electrons. The van der Waals surface area contributed by atoms with Crippen molar-refractivity contribution in [2.75, 3.05) is 27.3 Å². The van der Waals surface area contributed by atoms with Gasteiger partial charge in [-0.05, 0) is 25.0 Å². The standard InChI is InChI=1S/C22H23N5O5/c1-30-19-13-23-20(12-17(19)22(29)31-2)32-15-6-5-11-26(14-15)21(28)16-7-3-4-8-18(16)27-24-9-10-25-27/h3-4,7-10,12-13,15H,5-6,11,14H2,1-2H3/t15-/m1/s1. The second-order valence-corrected chi connectivity index (χ2v) is 7.18. The summed E-state index contributed by atoms with van der Waals surface area (Å²) in [7, 11) is 2.75.